The Morgan fingerprint density at radius 1 is 1.62 bits per heavy atom. The molecule has 0 saturated heterocycles. The molecule has 0 fully saturated rings. The molecule has 0 aliphatic rings. The van der Waals surface area contributed by atoms with Gasteiger partial charge in [0.25, 0.3) is 0 Å². The van der Waals surface area contributed by atoms with Crippen LogP contribution in [0.1, 0.15) is 18.2 Å². The largest absolute Gasteiger partial charge is 0.480 e. The molecule has 0 bridgehead atoms. The molecule has 0 radical (unpaired) electrons. The van der Waals surface area contributed by atoms with Crippen molar-refractivity contribution in [2.45, 2.75) is 13.3 Å². The van der Waals surface area contributed by atoms with Gasteiger partial charge in [-0.15, -0.1) is 0 Å². The molecule has 2 heterocycles. The molecule has 0 unspecified atom stereocenters. The van der Waals surface area contributed by atoms with E-state index in [2.05, 4.69) is 32.0 Å². The summed E-state index contributed by atoms with van der Waals surface area (Å²) in [7, 11) is 1.56. The third kappa shape index (κ3) is 1.46. The first-order chi connectivity index (χ1) is 7.72. The fraction of sp³-hybridized carbons (Fsp3) is 0.273. The van der Waals surface area contributed by atoms with Crippen LogP contribution in [-0.2, 0) is 6.42 Å². The minimum atomic E-state index is 0.515. The lowest BCUT2D eigenvalue weighted by Gasteiger charge is -2.01. The van der Waals surface area contributed by atoms with Crippen LogP contribution in [0.2, 0.25) is 0 Å². The van der Waals surface area contributed by atoms with Gasteiger partial charge in [-0.3, -0.25) is 0 Å². The molecule has 0 spiro atoms. The maximum Gasteiger partial charge on any atom is 0.229 e. The molecule has 0 saturated carbocycles. The van der Waals surface area contributed by atoms with Crippen LogP contribution in [0.15, 0.2) is 10.7 Å². The van der Waals surface area contributed by atoms with Crippen molar-refractivity contribution in [1.29, 1.82) is 5.26 Å². The normalized spacial score (nSPS) is 10.4. The molecule has 82 valence electrons. The molecule has 4 nitrogen and oxygen atoms in total. The summed E-state index contributed by atoms with van der Waals surface area (Å²) >= 11 is 3.42. The van der Waals surface area contributed by atoms with E-state index in [-0.39, 0.29) is 0 Å². The third-order valence-corrected chi connectivity index (χ3v) is 3.23. The molecule has 0 amide bonds. The van der Waals surface area contributed by atoms with E-state index in [1.54, 1.807) is 13.3 Å². The average Bonchev–Trinajstić information content (AvgIpc) is 2.68. The maximum absolute atomic E-state index is 9.11. The number of hydrogen-bond acceptors (Lipinski definition) is 3. The van der Waals surface area contributed by atoms with Gasteiger partial charge in [-0.1, -0.05) is 6.92 Å². The van der Waals surface area contributed by atoms with Crippen LogP contribution in [-0.4, -0.2) is 17.1 Å². The molecule has 1 N–H and O–H groups in total. The fourth-order valence-electron chi connectivity index (χ4n) is 1.69. The number of nitriles is 1. The Kier molecular flexibility index (Phi) is 2.84. The zero-order chi connectivity index (χ0) is 11.7. The predicted octanol–water partition coefficient (Wildman–Crippen LogP) is 2.77. The summed E-state index contributed by atoms with van der Waals surface area (Å²) in [4.78, 5) is 7.36. The Morgan fingerprint density at radius 3 is 2.94 bits per heavy atom. The van der Waals surface area contributed by atoms with Gasteiger partial charge in [-0.2, -0.15) is 5.26 Å². The van der Waals surface area contributed by atoms with Gasteiger partial charge in [0, 0.05) is 17.3 Å². The minimum absolute atomic E-state index is 0.515. The molecule has 2 aromatic heterocycles. The number of H-pyrrole nitrogens is 1. The van der Waals surface area contributed by atoms with Crippen LogP contribution < -0.4 is 4.74 Å². The van der Waals surface area contributed by atoms with Crippen molar-refractivity contribution < 1.29 is 4.74 Å². The van der Waals surface area contributed by atoms with Crippen molar-refractivity contribution in [1.82, 2.24) is 9.97 Å². The van der Waals surface area contributed by atoms with Gasteiger partial charge < -0.3 is 9.72 Å². The maximum atomic E-state index is 9.11. The number of rotatable bonds is 2. The minimum Gasteiger partial charge on any atom is -0.480 e. The number of aromatic nitrogens is 2. The fourth-order valence-corrected chi connectivity index (χ4v) is 2.27. The van der Waals surface area contributed by atoms with Gasteiger partial charge in [-0.25, -0.2) is 4.98 Å². The number of fused-ring (bicyclic) bond motifs is 1. The highest BCUT2D eigenvalue weighted by Gasteiger charge is 2.15. The lowest BCUT2D eigenvalue weighted by molar-refractivity contribution is 0.396. The molecule has 5 heteroatoms. The molecule has 0 aromatic carbocycles. The SMILES string of the molecule is CCc1[nH]c2c(Br)c(OC)ncc2c1C#N. The van der Waals surface area contributed by atoms with Crippen molar-refractivity contribution in [2.75, 3.05) is 7.11 Å². The van der Waals surface area contributed by atoms with Crippen molar-refractivity contribution >= 4 is 26.8 Å². The average molecular weight is 280 g/mol. The first kappa shape index (κ1) is 11.0. The van der Waals surface area contributed by atoms with E-state index in [9.17, 15) is 0 Å². The van der Waals surface area contributed by atoms with Crippen LogP contribution in [0.5, 0.6) is 5.88 Å². The van der Waals surface area contributed by atoms with E-state index < -0.39 is 0 Å². The number of aryl methyl sites for hydroxylation is 1. The van der Waals surface area contributed by atoms with Gasteiger partial charge >= 0.3 is 0 Å². The standard InChI is InChI=1S/C11H10BrN3O/c1-3-8-6(4-13)7-5-14-11(16-2)9(12)10(7)15-8/h5,15H,3H2,1-2H3. The van der Waals surface area contributed by atoms with Gasteiger partial charge in [0.2, 0.25) is 5.88 Å². The number of halogens is 1. The monoisotopic (exact) mass is 279 g/mol. The number of hydrogen-bond donors (Lipinski definition) is 1. The number of ether oxygens (including phenoxy) is 1. The number of pyridine rings is 1. The summed E-state index contributed by atoms with van der Waals surface area (Å²) in [6.07, 6.45) is 2.44. The Bertz CT molecular complexity index is 583. The van der Waals surface area contributed by atoms with Crippen LogP contribution in [0.4, 0.5) is 0 Å². The molecule has 2 aromatic rings. The predicted molar refractivity (Wildman–Crippen MR) is 64.4 cm³/mol. The number of methoxy groups -OCH3 is 1. The lowest BCUT2D eigenvalue weighted by atomic mass is 10.1. The van der Waals surface area contributed by atoms with Crippen LogP contribution in [0.25, 0.3) is 10.9 Å². The highest BCUT2D eigenvalue weighted by atomic mass is 79.9. The molecular formula is C11H10BrN3O. The van der Waals surface area contributed by atoms with E-state index in [0.717, 1.165) is 27.5 Å². The molecule has 0 aliphatic carbocycles. The summed E-state index contributed by atoms with van der Waals surface area (Å²) in [5.74, 6) is 0.515. The second kappa shape index (κ2) is 4.14. The summed E-state index contributed by atoms with van der Waals surface area (Å²) < 4.78 is 5.86. The lowest BCUT2D eigenvalue weighted by Crippen LogP contribution is -1.88. The van der Waals surface area contributed by atoms with Crippen LogP contribution in [0, 0.1) is 11.3 Å². The number of nitrogens with zero attached hydrogens (tertiary/aromatic N) is 2. The molecule has 0 atom stereocenters. The first-order valence-electron chi connectivity index (χ1n) is 4.86. The summed E-state index contributed by atoms with van der Waals surface area (Å²) in [5.41, 5.74) is 2.45. The molecule has 2 rings (SSSR count). The first-order valence-corrected chi connectivity index (χ1v) is 5.65. The number of aromatic amines is 1. The van der Waals surface area contributed by atoms with Crippen molar-refractivity contribution in [3.63, 3.8) is 0 Å². The van der Waals surface area contributed by atoms with Gasteiger partial charge in [0.15, 0.2) is 0 Å². The molecule has 16 heavy (non-hydrogen) atoms. The topological polar surface area (TPSA) is 61.7 Å². The zero-order valence-corrected chi connectivity index (χ0v) is 10.6. The van der Waals surface area contributed by atoms with E-state index in [4.69, 9.17) is 10.00 Å². The zero-order valence-electron chi connectivity index (χ0n) is 8.97. The Hall–Kier alpha value is -1.54. The molecular weight excluding hydrogens is 270 g/mol. The highest BCUT2D eigenvalue weighted by Crippen LogP contribution is 2.33. The Labute approximate surface area is 101 Å². The van der Waals surface area contributed by atoms with Crippen LogP contribution >= 0.6 is 15.9 Å². The summed E-state index contributed by atoms with van der Waals surface area (Å²) in [6.45, 7) is 2.00. The second-order valence-electron chi connectivity index (χ2n) is 3.31. The highest BCUT2D eigenvalue weighted by molar-refractivity contribution is 9.10. The Morgan fingerprint density at radius 2 is 2.38 bits per heavy atom. The van der Waals surface area contributed by atoms with E-state index in [1.807, 2.05) is 6.92 Å². The molecule has 0 aliphatic heterocycles. The van der Waals surface area contributed by atoms with Crippen molar-refractivity contribution in [3.8, 4) is 11.9 Å². The summed E-state index contributed by atoms with van der Waals surface area (Å²) in [5, 5.41) is 9.94. The van der Waals surface area contributed by atoms with Gasteiger partial charge in [0.1, 0.15) is 10.5 Å². The van der Waals surface area contributed by atoms with Crippen LogP contribution in [0.3, 0.4) is 0 Å². The number of nitrogens with one attached hydrogen (secondary N) is 1. The van der Waals surface area contributed by atoms with E-state index >= 15 is 0 Å². The van der Waals surface area contributed by atoms with Crippen molar-refractivity contribution in [2.24, 2.45) is 0 Å². The van der Waals surface area contributed by atoms with E-state index in [0.29, 0.717) is 11.4 Å². The van der Waals surface area contributed by atoms with Crippen molar-refractivity contribution in [3.05, 3.63) is 21.9 Å². The second-order valence-corrected chi connectivity index (χ2v) is 4.11. The van der Waals surface area contributed by atoms with Gasteiger partial charge in [0.05, 0.1) is 18.2 Å². The quantitative estimate of drug-likeness (QED) is 0.920. The Balaban J connectivity index is 2.83. The third-order valence-electron chi connectivity index (χ3n) is 2.49. The smallest absolute Gasteiger partial charge is 0.229 e. The van der Waals surface area contributed by atoms with E-state index in [1.165, 1.54) is 0 Å². The summed E-state index contributed by atoms with van der Waals surface area (Å²) in [6, 6.07) is 2.20. The van der Waals surface area contributed by atoms with Gasteiger partial charge in [-0.05, 0) is 22.4 Å².